The molecule has 112 valence electrons. The number of aliphatic hydroxyl groups is 1. The molecule has 3 rings (SSSR count). The monoisotopic (exact) mass is 289 g/mol. The number of aliphatic hydroxyl groups excluding tert-OH is 1. The molecule has 2 N–H and O–H groups in total. The van der Waals surface area contributed by atoms with Gasteiger partial charge in [0.25, 0.3) is 0 Å². The van der Waals surface area contributed by atoms with Gasteiger partial charge in [-0.2, -0.15) is 5.10 Å². The van der Waals surface area contributed by atoms with Gasteiger partial charge < -0.3 is 15.1 Å². The van der Waals surface area contributed by atoms with Crippen LogP contribution >= 0.6 is 0 Å². The summed E-state index contributed by atoms with van der Waals surface area (Å²) in [5, 5.41) is 22.8. The van der Waals surface area contributed by atoms with Gasteiger partial charge in [-0.05, 0) is 30.9 Å². The van der Waals surface area contributed by atoms with Crippen LogP contribution in [0.3, 0.4) is 0 Å². The Labute approximate surface area is 122 Å². The van der Waals surface area contributed by atoms with Crippen molar-refractivity contribution in [3.63, 3.8) is 0 Å². The van der Waals surface area contributed by atoms with E-state index in [-0.39, 0.29) is 12.3 Å². The average Bonchev–Trinajstić information content (AvgIpc) is 3.02. The van der Waals surface area contributed by atoms with Crippen molar-refractivity contribution in [2.75, 3.05) is 18.0 Å². The van der Waals surface area contributed by atoms with Crippen LogP contribution in [0.4, 0.5) is 5.69 Å². The highest BCUT2D eigenvalue weighted by Gasteiger charge is 2.23. The predicted octanol–water partition coefficient (Wildman–Crippen LogP) is 1.68. The van der Waals surface area contributed by atoms with Crippen molar-refractivity contribution in [2.24, 2.45) is 5.92 Å². The number of hydrogen-bond acceptors (Lipinski definition) is 4. The van der Waals surface area contributed by atoms with Crippen LogP contribution in [0.2, 0.25) is 0 Å². The fraction of sp³-hybridized carbons (Fsp3) is 0.467. The van der Waals surface area contributed by atoms with Crippen LogP contribution in [0.1, 0.15) is 35.0 Å². The molecule has 3 heterocycles. The number of carboxylic acids is 1. The summed E-state index contributed by atoms with van der Waals surface area (Å²) >= 11 is 0. The van der Waals surface area contributed by atoms with Crippen LogP contribution < -0.4 is 4.90 Å². The normalized spacial score (nSPS) is 18.6. The lowest BCUT2D eigenvalue weighted by Gasteiger charge is -2.19. The first kappa shape index (κ1) is 13.9. The van der Waals surface area contributed by atoms with Crippen molar-refractivity contribution in [1.82, 2.24) is 9.61 Å². The zero-order valence-corrected chi connectivity index (χ0v) is 12.2. The third-order valence-electron chi connectivity index (χ3n) is 4.15. The average molecular weight is 289 g/mol. The van der Waals surface area contributed by atoms with E-state index < -0.39 is 5.97 Å². The first-order valence-electron chi connectivity index (χ1n) is 7.12. The molecule has 1 aliphatic rings. The van der Waals surface area contributed by atoms with Gasteiger partial charge >= 0.3 is 5.97 Å². The van der Waals surface area contributed by atoms with E-state index >= 15 is 0 Å². The molecule has 1 unspecified atom stereocenters. The predicted molar refractivity (Wildman–Crippen MR) is 78.8 cm³/mol. The molecule has 21 heavy (non-hydrogen) atoms. The summed E-state index contributed by atoms with van der Waals surface area (Å²) in [5.74, 6) is -0.445. The van der Waals surface area contributed by atoms with Crippen LogP contribution in [0, 0.1) is 12.8 Å². The molecule has 0 aromatic carbocycles. The number of aromatic nitrogens is 2. The standard InChI is InChI=1S/C15H19N3O3/c1-9-3-4-17(6-9)11-5-10(2)14-12(8-19)13(15(20)21)16-18(14)7-11/h5,7,9,19H,3-4,6,8H2,1-2H3,(H,20,21). The number of hydrogen-bond donors (Lipinski definition) is 2. The minimum atomic E-state index is -1.11. The van der Waals surface area contributed by atoms with Crippen LogP contribution in [-0.4, -0.2) is 38.9 Å². The third kappa shape index (κ3) is 2.25. The molecular formula is C15H19N3O3. The van der Waals surface area contributed by atoms with Crippen molar-refractivity contribution in [3.05, 3.63) is 29.1 Å². The molecule has 1 fully saturated rings. The Kier molecular flexibility index (Phi) is 3.33. The van der Waals surface area contributed by atoms with Gasteiger partial charge in [-0.1, -0.05) is 6.92 Å². The van der Waals surface area contributed by atoms with Gasteiger partial charge in [0.05, 0.1) is 24.0 Å². The molecule has 1 saturated heterocycles. The topological polar surface area (TPSA) is 78.1 Å². The molecule has 6 heteroatoms. The number of nitrogens with zero attached hydrogens (tertiary/aromatic N) is 3. The molecule has 2 aromatic heterocycles. The number of pyridine rings is 1. The number of carboxylic acid groups (broad SMARTS) is 1. The lowest BCUT2D eigenvalue weighted by molar-refractivity contribution is 0.0686. The maximum Gasteiger partial charge on any atom is 0.356 e. The number of rotatable bonds is 3. The molecule has 0 bridgehead atoms. The summed E-state index contributed by atoms with van der Waals surface area (Å²) in [7, 11) is 0. The van der Waals surface area contributed by atoms with Crippen molar-refractivity contribution in [3.8, 4) is 0 Å². The number of anilines is 1. The molecule has 2 aromatic rings. The van der Waals surface area contributed by atoms with Crippen LogP contribution in [0.15, 0.2) is 12.3 Å². The summed E-state index contributed by atoms with van der Waals surface area (Å²) < 4.78 is 1.59. The van der Waals surface area contributed by atoms with Crippen LogP contribution in [0.5, 0.6) is 0 Å². The van der Waals surface area contributed by atoms with Gasteiger partial charge in [-0.3, -0.25) is 0 Å². The highest BCUT2D eigenvalue weighted by Crippen LogP contribution is 2.28. The Morgan fingerprint density at radius 1 is 1.52 bits per heavy atom. The van der Waals surface area contributed by atoms with E-state index in [2.05, 4.69) is 16.9 Å². The summed E-state index contributed by atoms with van der Waals surface area (Å²) in [6.07, 6.45) is 3.02. The summed E-state index contributed by atoms with van der Waals surface area (Å²) in [5.41, 5.74) is 2.96. The number of aromatic carboxylic acids is 1. The molecule has 0 saturated carbocycles. The lowest BCUT2D eigenvalue weighted by atomic mass is 10.1. The van der Waals surface area contributed by atoms with E-state index in [4.69, 9.17) is 0 Å². The highest BCUT2D eigenvalue weighted by atomic mass is 16.4. The quantitative estimate of drug-likeness (QED) is 0.899. The Balaban J connectivity index is 2.14. The maximum absolute atomic E-state index is 11.2. The second-order valence-corrected chi connectivity index (χ2v) is 5.80. The molecule has 1 aliphatic heterocycles. The number of carbonyl (C=O) groups is 1. The summed E-state index contributed by atoms with van der Waals surface area (Å²) in [6, 6.07) is 2.04. The van der Waals surface area contributed by atoms with Crippen molar-refractivity contribution in [1.29, 1.82) is 0 Å². The van der Waals surface area contributed by atoms with Gasteiger partial charge in [0.15, 0.2) is 5.69 Å². The molecule has 0 amide bonds. The molecule has 0 spiro atoms. The lowest BCUT2D eigenvalue weighted by Crippen LogP contribution is -2.19. The fourth-order valence-electron chi connectivity index (χ4n) is 3.10. The van der Waals surface area contributed by atoms with Gasteiger partial charge in [0.2, 0.25) is 0 Å². The second kappa shape index (κ2) is 5.04. The maximum atomic E-state index is 11.2. The fourth-order valence-corrected chi connectivity index (χ4v) is 3.10. The molecule has 0 radical (unpaired) electrons. The number of aryl methyl sites for hydroxylation is 1. The Morgan fingerprint density at radius 3 is 2.86 bits per heavy atom. The summed E-state index contributed by atoms with van der Waals surface area (Å²) in [6.45, 7) is 5.83. The van der Waals surface area contributed by atoms with E-state index in [1.54, 1.807) is 4.52 Å². The van der Waals surface area contributed by atoms with Crippen molar-refractivity contribution >= 4 is 17.2 Å². The first-order valence-corrected chi connectivity index (χ1v) is 7.12. The van der Waals surface area contributed by atoms with Crippen molar-refractivity contribution in [2.45, 2.75) is 26.9 Å². The van der Waals surface area contributed by atoms with E-state index in [1.165, 1.54) is 6.42 Å². The Bertz CT molecular complexity index is 708. The van der Waals surface area contributed by atoms with E-state index in [9.17, 15) is 15.0 Å². The highest BCUT2D eigenvalue weighted by molar-refractivity contribution is 5.90. The minimum Gasteiger partial charge on any atom is -0.476 e. The first-order chi connectivity index (χ1) is 10.0. The smallest absolute Gasteiger partial charge is 0.356 e. The van der Waals surface area contributed by atoms with Crippen molar-refractivity contribution < 1.29 is 15.0 Å². The Hall–Kier alpha value is -2.08. The van der Waals surface area contributed by atoms with Crippen LogP contribution in [-0.2, 0) is 6.61 Å². The molecule has 0 aliphatic carbocycles. The SMILES string of the molecule is Cc1cc(N2CCC(C)C2)cn2nc(C(=O)O)c(CO)c12. The summed E-state index contributed by atoms with van der Waals surface area (Å²) in [4.78, 5) is 13.5. The number of fused-ring (bicyclic) bond motifs is 1. The molecule has 1 atom stereocenters. The van der Waals surface area contributed by atoms with Gasteiger partial charge in [0, 0.05) is 18.7 Å². The zero-order valence-electron chi connectivity index (χ0n) is 12.2. The van der Waals surface area contributed by atoms with Gasteiger partial charge in [-0.25, -0.2) is 9.31 Å². The Morgan fingerprint density at radius 2 is 2.29 bits per heavy atom. The van der Waals surface area contributed by atoms with Gasteiger partial charge in [-0.15, -0.1) is 0 Å². The second-order valence-electron chi connectivity index (χ2n) is 5.80. The van der Waals surface area contributed by atoms with Gasteiger partial charge in [0.1, 0.15) is 0 Å². The van der Waals surface area contributed by atoms with E-state index in [1.807, 2.05) is 19.2 Å². The van der Waals surface area contributed by atoms with E-state index in [0.29, 0.717) is 17.0 Å². The molecular weight excluding hydrogens is 270 g/mol. The zero-order chi connectivity index (χ0) is 15.1. The van der Waals surface area contributed by atoms with Crippen LogP contribution in [0.25, 0.3) is 5.52 Å². The third-order valence-corrected chi connectivity index (χ3v) is 4.15. The van der Waals surface area contributed by atoms with E-state index in [0.717, 1.165) is 24.3 Å². The largest absolute Gasteiger partial charge is 0.476 e. The molecule has 6 nitrogen and oxygen atoms in total. The minimum absolute atomic E-state index is 0.0764.